The summed E-state index contributed by atoms with van der Waals surface area (Å²) in [5.74, 6) is 0.105. The molecule has 1 heterocycles. The number of fused-ring (bicyclic) bond motifs is 1. The van der Waals surface area contributed by atoms with Crippen LogP contribution in [0.15, 0.2) is 18.2 Å². The van der Waals surface area contributed by atoms with Crippen molar-refractivity contribution < 1.29 is 4.79 Å². The van der Waals surface area contributed by atoms with Gasteiger partial charge >= 0.3 is 0 Å². The average molecular weight is 210 g/mol. The Hall–Kier alpha value is -1.02. The van der Waals surface area contributed by atoms with Crippen LogP contribution >= 0.6 is 11.6 Å². The number of nitrogens with zero attached hydrogens (tertiary/aromatic N) is 1. The first kappa shape index (κ1) is 9.53. The van der Waals surface area contributed by atoms with Gasteiger partial charge in [0.05, 0.1) is 0 Å². The predicted molar refractivity (Wildman–Crippen MR) is 57.8 cm³/mol. The van der Waals surface area contributed by atoms with Crippen LogP contribution in [0.25, 0.3) is 0 Å². The maximum atomic E-state index is 11.3. The lowest BCUT2D eigenvalue weighted by Crippen LogP contribution is -2.33. The van der Waals surface area contributed by atoms with E-state index < -0.39 is 0 Å². The van der Waals surface area contributed by atoms with E-state index in [1.165, 1.54) is 5.56 Å². The Morgan fingerprint density at radius 3 is 3.00 bits per heavy atom. The maximum Gasteiger partial charge on any atom is 0.223 e. The second-order valence-corrected chi connectivity index (χ2v) is 3.98. The van der Waals surface area contributed by atoms with Gasteiger partial charge in [-0.2, -0.15) is 0 Å². The molecule has 1 aromatic carbocycles. The molecular weight excluding hydrogens is 198 g/mol. The fourth-order valence-electron chi connectivity index (χ4n) is 1.89. The van der Waals surface area contributed by atoms with Crippen molar-refractivity contribution in [2.24, 2.45) is 0 Å². The summed E-state index contributed by atoms with van der Waals surface area (Å²) in [6, 6.07) is 5.71. The quantitative estimate of drug-likeness (QED) is 0.643. The Balaban J connectivity index is 2.44. The van der Waals surface area contributed by atoms with Gasteiger partial charge in [0.1, 0.15) is 0 Å². The van der Waals surface area contributed by atoms with Crippen LogP contribution in [0.3, 0.4) is 0 Å². The Bertz CT molecular complexity index is 376. The molecular formula is C11H12ClNO. The lowest BCUT2D eigenvalue weighted by atomic mass is 10.0. The molecule has 0 fully saturated rings. The first-order valence-electron chi connectivity index (χ1n) is 4.75. The van der Waals surface area contributed by atoms with Gasteiger partial charge in [0.15, 0.2) is 0 Å². The number of benzene rings is 1. The highest BCUT2D eigenvalue weighted by Gasteiger charge is 2.19. The molecule has 2 nitrogen and oxygen atoms in total. The molecule has 0 N–H and O–H groups in total. The van der Waals surface area contributed by atoms with Crippen LogP contribution < -0.4 is 4.90 Å². The van der Waals surface area contributed by atoms with Crippen molar-refractivity contribution in [3.63, 3.8) is 0 Å². The summed E-state index contributed by atoms with van der Waals surface area (Å²) in [7, 11) is 0. The van der Waals surface area contributed by atoms with E-state index >= 15 is 0 Å². The third-order valence-electron chi connectivity index (χ3n) is 2.54. The van der Waals surface area contributed by atoms with Gasteiger partial charge in [-0.1, -0.05) is 11.6 Å². The summed E-state index contributed by atoms with van der Waals surface area (Å²) in [6.07, 6.45) is 2.03. The molecule has 14 heavy (non-hydrogen) atoms. The molecule has 0 unspecified atom stereocenters. The number of anilines is 1. The summed E-state index contributed by atoms with van der Waals surface area (Å²) < 4.78 is 0. The molecule has 0 saturated heterocycles. The van der Waals surface area contributed by atoms with Gasteiger partial charge in [-0.25, -0.2) is 0 Å². The van der Waals surface area contributed by atoms with Crippen LogP contribution in [0.5, 0.6) is 0 Å². The smallest absolute Gasteiger partial charge is 0.223 e. The van der Waals surface area contributed by atoms with E-state index in [-0.39, 0.29) is 5.91 Å². The average Bonchev–Trinajstić information content (AvgIpc) is 2.16. The van der Waals surface area contributed by atoms with Crippen LogP contribution in [0.1, 0.15) is 18.9 Å². The molecule has 1 aliphatic heterocycles. The standard InChI is InChI=1S/C11H12ClNO/c1-8(14)13-6-2-3-9-7-10(12)4-5-11(9)13/h4-5,7H,2-3,6H2,1H3. The summed E-state index contributed by atoms with van der Waals surface area (Å²) >= 11 is 5.90. The van der Waals surface area contributed by atoms with Gasteiger partial charge in [0.2, 0.25) is 5.91 Å². The van der Waals surface area contributed by atoms with Gasteiger partial charge in [0, 0.05) is 24.2 Å². The van der Waals surface area contributed by atoms with Crippen LogP contribution in [0.4, 0.5) is 5.69 Å². The molecule has 1 aromatic rings. The Labute approximate surface area is 88.5 Å². The fourth-order valence-corrected chi connectivity index (χ4v) is 2.09. The molecule has 0 spiro atoms. The Kier molecular flexibility index (Phi) is 2.46. The summed E-state index contributed by atoms with van der Waals surface area (Å²) in [5.41, 5.74) is 2.20. The number of hydrogen-bond acceptors (Lipinski definition) is 1. The number of carbonyl (C=O) groups excluding carboxylic acids is 1. The van der Waals surface area contributed by atoms with E-state index in [2.05, 4.69) is 0 Å². The lowest BCUT2D eigenvalue weighted by Gasteiger charge is -2.28. The Morgan fingerprint density at radius 1 is 1.50 bits per heavy atom. The SMILES string of the molecule is CC(=O)N1CCCc2cc(Cl)ccc21. The predicted octanol–water partition coefficient (Wildman–Crippen LogP) is 2.64. The molecule has 0 atom stereocenters. The zero-order chi connectivity index (χ0) is 10.1. The zero-order valence-electron chi connectivity index (χ0n) is 8.09. The molecule has 3 heteroatoms. The molecule has 0 saturated carbocycles. The molecule has 1 amide bonds. The van der Waals surface area contributed by atoms with E-state index in [1.807, 2.05) is 23.1 Å². The normalized spacial score (nSPS) is 15.1. The molecule has 0 radical (unpaired) electrons. The number of halogens is 1. The van der Waals surface area contributed by atoms with Crippen LogP contribution in [0.2, 0.25) is 5.02 Å². The highest BCUT2D eigenvalue weighted by atomic mass is 35.5. The highest BCUT2D eigenvalue weighted by Crippen LogP contribution is 2.29. The van der Waals surface area contributed by atoms with E-state index in [4.69, 9.17) is 11.6 Å². The summed E-state index contributed by atoms with van der Waals surface area (Å²) in [5, 5.41) is 0.745. The largest absolute Gasteiger partial charge is 0.312 e. The number of amides is 1. The first-order chi connectivity index (χ1) is 6.68. The van der Waals surface area contributed by atoms with Crippen molar-refractivity contribution in [3.05, 3.63) is 28.8 Å². The van der Waals surface area contributed by atoms with Crippen LogP contribution in [-0.4, -0.2) is 12.5 Å². The maximum absolute atomic E-state index is 11.3. The monoisotopic (exact) mass is 209 g/mol. The van der Waals surface area contributed by atoms with E-state index in [0.29, 0.717) is 0 Å². The van der Waals surface area contributed by atoms with Crippen molar-refractivity contribution in [2.75, 3.05) is 11.4 Å². The molecule has 0 aliphatic carbocycles. The molecule has 2 rings (SSSR count). The number of rotatable bonds is 0. The minimum Gasteiger partial charge on any atom is -0.312 e. The van der Waals surface area contributed by atoms with Crippen molar-refractivity contribution in [1.82, 2.24) is 0 Å². The third-order valence-corrected chi connectivity index (χ3v) is 2.78. The number of aryl methyl sites for hydroxylation is 1. The van der Waals surface area contributed by atoms with E-state index in [0.717, 1.165) is 30.1 Å². The summed E-state index contributed by atoms with van der Waals surface area (Å²) in [4.78, 5) is 13.2. The van der Waals surface area contributed by atoms with Crippen molar-refractivity contribution in [3.8, 4) is 0 Å². The highest BCUT2D eigenvalue weighted by molar-refractivity contribution is 6.30. The minimum absolute atomic E-state index is 0.105. The van der Waals surface area contributed by atoms with E-state index in [9.17, 15) is 4.79 Å². The molecule has 74 valence electrons. The molecule has 0 bridgehead atoms. The van der Waals surface area contributed by atoms with Crippen LogP contribution in [-0.2, 0) is 11.2 Å². The first-order valence-corrected chi connectivity index (χ1v) is 5.13. The molecule has 0 aromatic heterocycles. The van der Waals surface area contributed by atoms with Gasteiger partial charge < -0.3 is 4.90 Å². The van der Waals surface area contributed by atoms with Crippen molar-refractivity contribution >= 4 is 23.2 Å². The second-order valence-electron chi connectivity index (χ2n) is 3.55. The summed E-state index contributed by atoms with van der Waals surface area (Å²) in [6.45, 7) is 2.42. The van der Waals surface area contributed by atoms with Crippen molar-refractivity contribution in [1.29, 1.82) is 0 Å². The van der Waals surface area contributed by atoms with Gasteiger partial charge in [-0.3, -0.25) is 4.79 Å². The van der Waals surface area contributed by atoms with E-state index in [1.54, 1.807) is 6.92 Å². The third kappa shape index (κ3) is 1.62. The Morgan fingerprint density at radius 2 is 2.29 bits per heavy atom. The number of carbonyl (C=O) groups is 1. The van der Waals surface area contributed by atoms with Gasteiger partial charge in [-0.15, -0.1) is 0 Å². The molecule has 1 aliphatic rings. The van der Waals surface area contributed by atoms with Gasteiger partial charge in [0.25, 0.3) is 0 Å². The second kappa shape index (κ2) is 3.62. The minimum atomic E-state index is 0.105. The van der Waals surface area contributed by atoms with Crippen molar-refractivity contribution in [2.45, 2.75) is 19.8 Å². The topological polar surface area (TPSA) is 20.3 Å². The fraction of sp³-hybridized carbons (Fsp3) is 0.364. The van der Waals surface area contributed by atoms with Crippen LogP contribution in [0, 0.1) is 0 Å². The van der Waals surface area contributed by atoms with Gasteiger partial charge in [-0.05, 0) is 36.6 Å². The number of hydrogen-bond donors (Lipinski definition) is 0. The lowest BCUT2D eigenvalue weighted by molar-refractivity contribution is -0.116. The zero-order valence-corrected chi connectivity index (χ0v) is 8.84.